The van der Waals surface area contributed by atoms with Crippen LogP contribution in [-0.4, -0.2) is 32.4 Å². The lowest BCUT2D eigenvalue weighted by molar-refractivity contribution is -0.531. The van der Waals surface area contributed by atoms with Crippen molar-refractivity contribution in [2.24, 2.45) is 0 Å². The first-order valence-corrected chi connectivity index (χ1v) is 5.85. The van der Waals surface area contributed by atoms with Gasteiger partial charge in [0.2, 0.25) is 11.9 Å². The largest absolute Gasteiger partial charge is 0.622 e. The van der Waals surface area contributed by atoms with Gasteiger partial charge < -0.3 is 10.4 Å². The molecule has 1 atom stereocenters. The SMILES string of the molecule is Cc1cc(C2=[N+]([O-])[C@H](C)N(O)C2(C)C)ccc1F. The number of hydrogen-bond acceptors (Lipinski definition) is 3. The summed E-state index contributed by atoms with van der Waals surface area (Å²) in [5.74, 6) is -0.304. The van der Waals surface area contributed by atoms with E-state index >= 15 is 0 Å². The number of halogens is 1. The minimum absolute atomic E-state index is 0.304. The summed E-state index contributed by atoms with van der Waals surface area (Å²) in [6.07, 6.45) is -0.652. The zero-order valence-electron chi connectivity index (χ0n) is 10.9. The van der Waals surface area contributed by atoms with Gasteiger partial charge in [-0.3, -0.25) is 0 Å². The van der Waals surface area contributed by atoms with E-state index < -0.39 is 11.7 Å². The van der Waals surface area contributed by atoms with E-state index in [9.17, 15) is 14.8 Å². The molecule has 0 fully saturated rings. The number of rotatable bonds is 1. The Bertz CT molecular complexity index is 526. The van der Waals surface area contributed by atoms with Crippen molar-refractivity contribution >= 4 is 5.71 Å². The standard InChI is InChI=1S/C13H17FN2O2/c1-8-7-10(5-6-11(8)14)12-13(3,4)16(18)9(2)15(12)17/h5-7,9,18H,1-4H3/t9-/m0/s1. The van der Waals surface area contributed by atoms with Gasteiger partial charge in [-0.15, -0.1) is 5.06 Å². The average Bonchev–Trinajstić information content (AvgIpc) is 2.44. The maximum atomic E-state index is 13.3. The van der Waals surface area contributed by atoms with Crippen molar-refractivity contribution in [2.45, 2.75) is 39.4 Å². The molecule has 0 aromatic heterocycles. The summed E-state index contributed by atoms with van der Waals surface area (Å²) in [6, 6.07) is 4.53. The molecular weight excluding hydrogens is 235 g/mol. The van der Waals surface area contributed by atoms with Crippen LogP contribution in [0.4, 0.5) is 4.39 Å². The van der Waals surface area contributed by atoms with Gasteiger partial charge in [0, 0.05) is 12.5 Å². The fourth-order valence-electron chi connectivity index (χ4n) is 2.40. The molecule has 1 aliphatic rings. The quantitative estimate of drug-likeness (QED) is 0.616. The number of hydrogen-bond donors (Lipinski definition) is 1. The summed E-state index contributed by atoms with van der Waals surface area (Å²) in [7, 11) is 0. The third-order valence-electron chi connectivity index (χ3n) is 3.50. The van der Waals surface area contributed by atoms with Gasteiger partial charge in [0.25, 0.3) is 0 Å². The number of benzene rings is 1. The van der Waals surface area contributed by atoms with E-state index in [2.05, 4.69) is 0 Å². The molecule has 0 saturated heterocycles. The lowest BCUT2D eigenvalue weighted by atomic mass is 9.92. The van der Waals surface area contributed by atoms with Crippen LogP contribution in [0, 0.1) is 17.9 Å². The van der Waals surface area contributed by atoms with Gasteiger partial charge in [-0.25, -0.2) is 4.39 Å². The normalized spacial score (nSPS) is 23.8. The molecule has 0 radical (unpaired) electrons. The van der Waals surface area contributed by atoms with E-state index in [1.165, 1.54) is 6.07 Å². The predicted molar refractivity (Wildman–Crippen MR) is 66.0 cm³/mol. The lowest BCUT2D eigenvalue weighted by Gasteiger charge is -2.24. The highest BCUT2D eigenvalue weighted by atomic mass is 19.1. The average molecular weight is 252 g/mol. The topological polar surface area (TPSA) is 49.5 Å². The summed E-state index contributed by atoms with van der Waals surface area (Å²) < 4.78 is 14.0. The molecule has 1 aromatic rings. The lowest BCUT2D eigenvalue weighted by Crippen LogP contribution is -2.45. The Morgan fingerprint density at radius 1 is 1.44 bits per heavy atom. The Labute approximate surface area is 106 Å². The number of nitrogens with zero attached hydrogens (tertiary/aromatic N) is 2. The monoisotopic (exact) mass is 252 g/mol. The van der Waals surface area contributed by atoms with Gasteiger partial charge in [-0.05, 0) is 44.5 Å². The second-order valence-corrected chi connectivity index (χ2v) is 5.17. The van der Waals surface area contributed by atoms with Crippen molar-refractivity contribution in [1.29, 1.82) is 0 Å². The Morgan fingerprint density at radius 2 is 2.06 bits per heavy atom. The maximum absolute atomic E-state index is 13.3. The molecule has 1 N–H and O–H groups in total. The molecule has 0 unspecified atom stereocenters. The molecule has 0 saturated carbocycles. The molecule has 4 nitrogen and oxygen atoms in total. The number of aryl methyl sites for hydroxylation is 1. The second-order valence-electron chi connectivity index (χ2n) is 5.17. The van der Waals surface area contributed by atoms with Crippen LogP contribution in [0.1, 0.15) is 31.9 Å². The number of hydroxylamine groups is 3. The van der Waals surface area contributed by atoms with Gasteiger partial charge in [-0.1, -0.05) is 0 Å². The molecule has 98 valence electrons. The van der Waals surface area contributed by atoms with Crippen LogP contribution >= 0.6 is 0 Å². The minimum Gasteiger partial charge on any atom is -0.622 e. The van der Waals surface area contributed by atoms with Crippen LogP contribution in [0.25, 0.3) is 0 Å². The maximum Gasteiger partial charge on any atom is 0.238 e. The highest BCUT2D eigenvalue weighted by Gasteiger charge is 2.50. The molecule has 18 heavy (non-hydrogen) atoms. The highest BCUT2D eigenvalue weighted by molar-refractivity contribution is 6.04. The molecule has 2 rings (SSSR count). The Kier molecular flexibility index (Phi) is 2.91. The van der Waals surface area contributed by atoms with Crippen LogP contribution in [0.15, 0.2) is 18.2 Å². The summed E-state index contributed by atoms with van der Waals surface area (Å²) in [4.78, 5) is 0. The molecule has 1 heterocycles. The van der Waals surface area contributed by atoms with E-state index in [-0.39, 0.29) is 5.82 Å². The van der Waals surface area contributed by atoms with Crippen molar-refractivity contribution in [1.82, 2.24) is 5.06 Å². The zero-order valence-corrected chi connectivity index (χ0v) is 10.9. The molecule has 5 heteroatoms. The first kappa shape index (κ1) is 13.0. The van der Waals surface area contributed by atoms with E-state index in [0.29, 0.717) is 16.8 Å². The fraction of sp³-hybridized carbons (Fsp3) is 0.462. The van der Waals surface area contributed by atoms with Crippen LogP contribution in [-0.2, 0) is 0 Å². The minimum atomic E-state index is -0.800. The van der Waals surface area contributed by atoms with Gasteiger partial charge in [-0.2, -0.15) is 4.74 Å². The summed E-state index contributed by atoms with van der Waals surface area (Å²) in [5, 5.41) is 23.1. The van der Waals surface area contributed by atoms with E-state index in [4.69, 9.17) is 0 Å². The van der Waals surface area contributed by atoms with Crippen LogP contribution in [0.5, 0.6) is 0 Å². The Balaban J connectivity index is 2.58. The van der Waals surface area contributed by atoms with E-state index in [1.807, 2.05) is 0 Å². The van der Waals surface area contributed by atoms with Crippen LogP contribution in [0.2, 0.25) is 0 Å². The van der Waals surface area contributed by atoms with Gasteiger partial charge in [0.05, 0.1) is 0 Å². The van der Waals surface area contributed by atoms with Crippen molar-refractivity contribution in [2.75, 3.05) is 0 Å². The van der Waals surface area contributed by atoms with E-state index in [0.717, 1.165) is 9.80 Å². The van der Waals surface area contributed by atoms with Crippen molar-refractivity contribution < 1.29 is 14.3 Å². The van der Waals surface area contributed by atoms with Gasteiger partial charge in [0.15, 0.2) is 0 Å². The predicted octanol–water partition coefficient (Wildman–Crippen LogP) is 2.26. The van der Waals surface area contributed by atoms with Crippen molar-refractivity contribution in [3.05, 3.63) is 40.4 Å². The molecule has 0 spiro atoms. The first-order chi connectivity index (χ1) is 8.26. The van der Waals surface area contributed by atoms with Gasteiger partial charge >= 0.3 is 0 Å². The first-order valence-electron chi connectivity index (χ1n) is 5.85. The van der Waals surface area contributed by atoms with Crippen molar-refractivity contribution in [3.63, 3.8) is 0 Å². The Hall–Kier alpha value is -1.46. The second kappa shape index (κ2) is 4.03. The third-order valence-corrected chi connectivity index (χ3v) is 3.50. The summed E-state index contributed by atoms with van der Waals surface area (Å²) >= 11 is 0. The fourth-order valence-corrected chi connectivity index (χ4v) is 2.40. The summed E-state index contributed by atoms with van der Waals surface area (Å²) in [6.45, 7) is 6.79. The van der Waals surface area contributed by atoms with Crippen LogP contribution in [0.3, 0.4) is 0 Å². The molecule has 0 bridgehead atoms. The zero-order chi connectivity index (χ0) is 13.7. The van der Waals surface area contributed by atoms with Crippen LogP contribution < -0.4 is 0 Å². The molecule has 1 aliphatic heterocycles. The van der Waals surface area contributed by atoms with E-state index in [1.54, 1.807) is 39.8 Å². The van der Waals surface area contributed by atoms with Crippen molar-refractivity contribution in [3.8, 4) is 0 Å². The highest BCUT2D eigenvalue weighted by Crippen LogP contribution is 2.29. The van der Waals surface area contributed by atoms with Gasteiger partial charge in [0.1, 0.15) is 11.4 Å². The third kappa shape index (κ3) is 1.71. The summed E-state index contributed by atoms with van der Waals surface area (Å²) in [5.41, 5.74) is 0.761. The Morgan fingerprint density at radius 3 is 2.50 bits per heavy atom. The smallest absolute Gasteiger partial charge is 0.238 e. The molecule has 0 amide bonds. The molecule has 1 aromatic carbocycles. The molecular formula is C13H17FN2O2. The molecule has 0 aliphatic carbocycles.